The quantitative estimate of drug-likeness (QED) is 0.476. The predicted octanol–water partition coefficient (Wildman–Crippen LogP) is 3.38. The molecule has 1 aliphatic carbocycles. The molecule has 1 N–H and O–H groups in total. The van der Waals surface area contributed by atoms with Crippen molar-refractivity contribution in [2.45, 2.75) is 63.6 Å². The third-order valence-corrected chi connectivity index (χ3v) is 2.72. The molecule has 0 heterocycles. The van der Waals surface area contributed by atoms with Crippen LogP contribution < -0.4 is 5.32 Å². The van der Waals surface area contributed by atoms with Gasteiger partial charge in [-0.3, -0.25) is 0 Å². The van der Waals surface area contributed by atoms with E-state index in [2.05, 4.69) is 15.3 Å². The number of hydrogen-bond acceptors (Lipinski definition) is 3. The summed E-state index contributed by atoms with van der Waals surface area (Å²) in [6.45, 7) is 4.91. The van der Waals surface area contributed by atoms with Crippen molar-refractivity contribution in [3.05, 3.63) is 10.4 Å². The Balaban J connectivity index is 2.79. The van der Waals surface area contributed by atoms with E-state index >= 15 is 0 Å². The molecule has 0 aromatic rings. The molecule has 0 aliphatic heterocycles. The Morgan fingerprint density at radius 2 is 2.16 bits per heavy atom. The first kappa shape index (κ1) is 15.5. The molecule has 1 rings (SSSR count). The Labute approximate surface area is 110 Å². The fourth-order valence-corrected chi connectivity index (χ4v) is 1.98. The molecule has 0 radical (unpaired) electrons. The maximum Gasteiger partial charge on any atom is 0.408 e. The van der Waals surface area contributed by atoms with Crippen molar-refractivity contribution < 1.29 is 18.3 Å². The van der Waals surface area contributed by atoms with Gasteiger partial charge in [-0.1, -0.05) is 5.11 Å². The molecule has 19 heavy (non-hydrogen) atoms. The summed E-state index contributed by atoms with van der Waals surface area (Å²) in [5, 5.41) is 5.47. The second-order valence-corrected chi connectivity index (χ2v) is 5.55. The summed E-state index contributed by atoms with van der Waals surface area (Å²) in [5.41, 5.74) is 7.62. The largest absolute Gasteiger partial charge is 0.444 e. The number of nitrogens with zero attached hydrogens (tertiary/aromatic N) is 3. The van der Waals surface area contributed by atoms with Gasteiger partial charge in [0, 0.05) is 11.3 Å². The van der Waals surface area contributed by atoms with Gasteiger partial charge in [0.2, 0.25) is 0 Å². The number of azide groups is 1. The van der Waals surface area contributed by atoms with Gasteiger partial charge in [0.1, 0.15) is 11.6 Å². The van der Waals surface area contributed by atoms with Crippen molar-refractivity contribution in [3.63, 3.8) is 0 Å². The van der Waals surface area contributed by atoms with Crippen molar-refractivity contribution in [1.82, 2.24) is 5.32 Å². The lowest BCUT2D eigenvalue weighted by atomic mass is 9.87. The molecule has 1 saturated carbocycles. The highest BCUT2D eigenvalue weighted by molar-refractivity contribution is 5.68. The lowest BCUT2D eigenvalue weighted by Crippen LogP contribution is -2.56. The van der Waals surface area contributed by atoms with Crippen LogP contribution in [0.1, 0.15) is 40.0 Å². The number of alkyl carbamates (subject to hydrolysis) is 1. The van der Waals surface area contributed by atoms with E-state index in [-0.39, 0.29) is 12.8 Å². The van der Waals surface area contributed by atoms with Gasteiger partial charge in [0.05, 0.1) is 6.04 Å². The van der Waals surface area contributed by atoms with E-state index in [1.54, 1.807) is 20.8 Å². The van der Waals surface area contributed by atoms with Gasteiger partial charge in [0.25, 0.3) is 5.92 Å². The molecule has 0 bridgehead atoms. The molecule has 2 atom stereocenters. The van der Waals surface area contributed by atoms with Crippen LogP contribution in [-0.2, 0) is 4.74 Å². The van der Waals surface area contributed by atoms with Gasteiger partial charge in [-0.15, -0.1) is 0 Å². The van der Waals surface area contributed by atoms with Crippen molar-refractivity contribution in [1.29, 1.82) is 0 Å². The normalized spacial score (nSPS) is 26.2. The zero-order chi connectivity index (χ0) is 14.7. The number of carbonyl (C=O) groups excluding carboxylic acids is 1. The highest BCUT2D eigenvalue weighted by Gasteiger charge is 2.48. The van der Waals surface area contributed by atoms with E-state index < -0.39 is 29.7 Å². The molecule has 0 aromatic heterocycles. The molecule has 0 aromatic carbocycles. The van der Waals surface area contributed by atoms with E-state index in [9.17, 15) is 13.6 Å². The molecule has 0 spiro atoms. The zero-order valence-electron chi connectivity index (χ0n) is 11.2. The average Bonchev–Trinajstić information content (AvgIpc) is 2.20. The third kappa shape index (κ3) is 4.55. The first-order valence-corrected chi connectivity index (χ1v) is 6.07. The summed E-state index contributed by atoms with van der Waals surface area (Å²) in [6, 6.07) is -2.48. The van der Waals surface area contributed by atoms with Crippen molar-refractivity contribution in [2.75, 3.05) is 0 Å². The van der Waals surface area contributed by atoms with Gasteiger partial charge in [-0.2, -0.15) is 0 Å². The lowest BCUT2D eigenvalue weighted by Gasteiger charge is -2.36. The lowest BCUT2D eigenvalue weighted by molar-refractivity contribution is -0.0715. The fourth-order valence-electron chi connectivity index (χ4n) is 1.98. The summed E-state index contributed by atoms with van der Waals surface area (Å²) < 4.78 is 32.5. The minimum Gasteiger partial charge on any atom is -0.444 e. The van der Waals surface area contributed by atoms with E-state index in [4.69, 9.17) is 10.3 Å². The maximum atomic E-state index is 13.8. The van der Waals surface area contributed by atoms with E-state index in [0.29, 0.717) is 6.42 Å². The minimum atomic E-state index is -3.10. The Kier molecular flexibility index (Phi) is 4.57. The van der Waals surface area contributed by atoms with Crippen LogP contribution >= 0.6 is 0 Å². The third-order valence-electron chi connectivity index (χ3n) is 2.72. The first-order valence-electron chi connectivity index (χ1n) is 6.07. The van der Waals surface area contributed by atoms with Gasteiger partial charge in [0.15, 0.2) is 0 Å². The van der Waals surface area contributed by atoms with Crippen LogP contribution in [0.4, 0.5) is 13.6 Å². The Morgan fingerprint density at radius 3 is 2.68 bits per heavy atom. The van der Waals surface area contributed by atoms with Crippen LogP contribution in [0.3, 0.4) is 0 Å². The number of nitrogens with one attached hydrogen (secondary N) is 1. The monoisotopic (exact) mass is 276 g/mol. The number of alkyl halides is 2. The van der Waals surface area contributed by atoms with Gasteiger partial charge in [-0.25, -0.2) is 13.6 Å². The van der Waals surface area contributed by atoms with Crippen LogP contribution in [0.25, 0.3) is 10.4 Å². The summed E-state index contributed by atoms with van der Waals surface area (Å²) in [5.74, 6) is -3.10. The Bertz CT molecular complexity index is 389. The molecule has 8 heteroatoms. The number of rotatable bonds is 2. The SMILES string of the molecule is CC(C)(C)OC(=O)N[C@H]1[C@H](N=[N+]=[N-])CCCC1(F)F. The maximum absolute atomic E-state index is 13.8. The highest BCUT2D eigenvalue weighted by Crippen LogP contribution is 2.35. The summed E-state index contributed by atoms with van der Waals surface area (Å²) in [6.07, 6.45) is -0.703. The molecule has 1 amide bonds. The highest BCUT2D eigenvalue weighted by atomic mass is 19.3. The number of hydrogen-bond donors (Lipinski definition) is 1. The Morgan fingerprint density at radius 1 is 1.53 bits per heavy atom. The Hall–Kier alpha value is -1.56. The number of ether oxygens (including phenoxy) is 1. The predicted molar refractivity (Wildman–Crippen MR) is 64.9 cm³/mol. The molecule has 1 aliphatic rings. The van der Waals surface area contributed by atoms with E-state index in [1.165, 1.54) is 0 Å². The van der Waals surface area contributed by atoms with E-state index in [0.717, 1.165) is 0 Å². The second kappa shape index (κ2) is 5.61. The number of halogens is 2. The van der Waals surface area contributed by atoms with Crippen molar-refractivity contribution >= 4 is 6.09 Å². The van der Waals surface area contributed by atoms with Crippen molar-refractivity contribution in [3.8, 4) is 0 Å². The fraction of sp³-hybridized carbons (Fsp3) is 0.909. The molecule has 1 fully saturated rings. The van der Waals surface area contributed by atoms with Crippen LogP contribution in [-0.4, -0.2) is 29.7 Å². The van der Waals surface area contributed by atoms with E-state index in [1.807, 2.05) is 0 Å². The minimum absolute atomic E-state index is 0.253. The van der Waals surface area contributed by atoms with Crippen molar-refractivity contribution in [2.24, 2.45) is 5.11 Å². The van der Waals surface area contributed by atoms with Crippen LogP contribution in [0.5, 0.6) is 0 Å². The molecule has 108 valence electrons. The standard InChI is InChI=1S/C11H18F2N4O2/c1-10(2,3)19-9(18)15-8-7(16-17-14)5-4-6-11(8,12)13/h7-8H,4-6H2,1-3H3,(H,15,18)/t7-,8+/m1/s1. The van der Waals surface area contributed by atoms with Crippen LogP contribution in [0, 0.1) is 0 Å². The second-order valence-electron chi connectivity index (χ2n) is 5.55. The molecular weight excluding hydrogens is 258 g/mol. The van der Waals surface area contributed by atoms with Gasteiger partial charge >= 0.3 is 6.09 Å². The molecular formula is C11H18F2N4O2. The first-order chi connectivity index (χ1) is 8.65. The topological polar surface area (TPSA) is 87.1 Å². The summed E-state index contributed by atoms with van der Waals surface area (Å²) in [7, 11) is 0. The summed E-state index contributed by atoms with van der Waals surface area (Å²) in [4.78, 5) is 14.1. The van der Waals surface area contributed by atoms with Gasteiger partial charge < -0.3 is 10.1 Å². The molecule has 6 nitrogen and oxygen atoms in total. The zero-order valence-corrected chi connectivity index (χ0v) is 11.2. The number of amides is 1. The summed E-state index contributed by atoms with van der Waals surface area (Å²) >= 11 is 0. The smallest absolute Gasteiger partial charge is 0.408 e. The van der Waals surface area contributed by atoms with Crippen LogP contribution in [0.2, 0.25) is 0 Å². The molecule has 0 unspecified atom stereocenters. The molecule has 0 saturated heterocycles. The van der Waals surface area contributed by atoms with Gasteiger partial charge in [-0.05, 0) is 39.1 Å². The van der Waals surface area contributed by atoms with Crippen LogP contribution in [0.15, 0.2) is 5.11 Å². The average molecular weight is 276 g/mol. The number of carbonyl (C=O) groups is 1.